The number of carbonyl (C=O) groups excluding carboxylic acids is 1. The van der Waals surface area contributed by atoms with E-state index in [1.54, 1.807) is 6.07 Å². The quantitative estimate of drug-likeness (QED) is 0.777. The molecule has 1 spiro atoms. The molecule has 0 heterocycles. The van der Waals surface area contributed by atoms with Gasteiger partial charge >= 0.3 is 0 Å². The summed E-state index contributed by atoms with van der Waals surface area (Å²) in [6.07, 6.45) is 5.85. The average molecular weight is 261 g/mol. The van der Waals surface area contributed by atoms with E-state index >= 15 is 0 Å². The molecule has 3 aliphatic carbocycles. The molecule has 2 atom stereocenters. The molecule has 1 N–H and O–H groups in total. The number of phenols is 1. The van der Waals surface area contributed by atoms with Gasteiger partial charge < -0.3 is 5.11 Å². The monoisotopic (exact) mass is 260 g/mol. The van der Waals surface area contributed by atoms with Crippen LogP contribution in [0.25, 0.3) is 5.57 Å². The summed E-state index contributed by atoms with van der Waals surface area (Å²) in [5, 5.41) is 10.1. The summed E-state index contributed by atoms with van der Waals surface area (Å²) < 4.78 is 0. The van der Waals surface area contributed by atoms with Gasteiger partial charge in [-0.15, -0.1) is 0 Å². The lowest BCUT2D eigenvalue weighted by atomic mass is 9.74. The van der Waals surface area contributed by atoms with Crippen molar-refractivity contribution in [3.8, 4) is 5.75 Å². The molecule has 0 aromatic heterocycles. The van der Waals surface area contributed by atoms with Crippen LogP contribution in [0, 0.1) is 11.3 Å². The first-order chi connectivity index (χ1) is 8.59. The van der Waals surface area contributed by atoms with E-state index in [1.807, 2.05) is 12.1 Å². The highest BCUT2D eigenvalue weighted by Gasteiger charge is 2.51. The number of rotatable bonds is 0. The van der Waals surface area contributed by atoms with Crippen LogP contribution in [0.4, 0.5) is 0 Å². The van der Waals surface area contributed by atoms with E-state index in [0.29, 0.717) is 5.02 Å². The summed E-state index contributed by atoms with van der Waals surface area (Å²) >= 11 is 6.00. The van der Waals surface area contributed by atoms with Gasteiger partial charge in [-0.3, -0.25) is 4.79 Å². The van der Waals surface area contributed by atoms with Crippen molar-refractivity contribution < 1.29 is 9.90 Å². The van der Waals surface area contributed by atoms with E-state index in [2.05, 4.69) is 0 Å². The Kier molecular flexibility index (Phi) is 1.88. The number of hydrogen-bond donors (Lipinski definition) is 1. The number of aromatic hydroxyl groups is 1. The van der Waals surface area contributed by atoms with E-state index in [1.165, 1.54) is 0 Å². The fourth-order valence-corrected chi connectivity index (χ4v) is 4.18. The van der Waals surface area contributed by atoms with E-state index in [-0.39, 0.29) is 22.9 Å². The number of fused-ring (bicyclic) bond motifs is 3. The van der Waals surface area contributed by atoms with Crippen LogP contribution in [0.5, 0.6) is 5.75 Å². The Hall–Kier alpha value is -1.28. The molecule has 0 aliphatic heterocycles. The lowest BCUT2D eigenvalue weighted by Gasteiger charge is -2.28. The average Bonchev–Trinajstić information content (AvgIpc) is 2.83. The first-order valence-electron chi connectivity index (χ1n) is 6.37. The van der Waals surface area contributed by atoms with E-state index < -0.39 is 0 Å². The van der Waals surface area contributed by atoms with Crippen LogP contribution in [-0.4, -0.2) is 10.9 Å². The van der Waals surface area contributed by atoms with E-state index in [9.17, 15) is 9.90 Å². The van der Waals surface area contributed by atoms with Gasteiger partial charge in [-0.25, -0.2) is 0 Å². The Labute approximate surface area is 110 Å². The second kappa shape index (κ2) is 3.18. The molecule has 2 nitrogen and oxygen atoms in total. The Morgan fingerprint density at radius 3 is 3.06 bits per heavy atom. The van der Waals surface area contributed by atoms with Gasteiger partial charge in [0.15, 0.2) is 5.78 Å². The summed E-state index contributed by atoms with van der Waals surface area (Å²) in [5.74, 6) is 0.647. The zero-order valence-electron chi connectivity index (χ0n) is 9.87. The highest BCUT2D eigenvalue weighted by molar-refractivity contribution is 6.32. The third-order valence-electron chi connectivity index (χ3n) is 4.86. The fraction of sp³-hybridized carbons (Fsp3) is 0.400. The van der Waals surface area contributed by atoms with Crippen LogP contribution < -0.4 is 0 Å². The Balaban J connectivity index is 1.96. The number of carbonyl (C=O) groups is 1. The minimum Gasteiger partial charge on any atom is -0.506 e. The molecular weight excluding hydrogens is 248 g/mol. The molecule has 2 bridgehead atoms. The number of hydrogen-bond acceptors (Lipinski definition) is 2. The molecule has 92 valence electrons. The molecule has 1 saturated carbocycles. The van der Waals surface area contributed by atoms with Crippen molar-refractivity contribution in [1.29, 1.82) is 0 Å². The molecule has 18 heavy (non-hydrogen) atoms. The first-order valence-corrected chi connectivity index (χ1v) is 6.75. The van der Waals surface area contributed by atoms with Crippen LogP contribution in [0.2, 0.25) is 5.02 Å². The van der Waals surface area contributed by atoms with Gasteiger partial charge in [0.2, 0.25) is 0 Å². The third-order valence-corrected chi connectivity index (χ3v) is 5.16. The van der Waals surface area contributed by atoms with Crippen molar-refractivity contribution >= 4 is 23.0 Å². The predicted octanol–water partition coefficient (Wildman–Crippen LogP) is 3.35. The molecular formula is C15H13ClO2. The van der Waals surface area contributed by atoms with Gasteiger partial charge in [-0.05, 0) is 60.6 Å². The molecule has 0 saturated heterocycles. The number of halogens is 1. The third kappa shape index (κ3) is 1.17. The Morgan fingerprint density at radius 1 is 1.39 bits per heavy atom. The number of benzene rings is 1. The lowest BCUT2D eigenvalue weighted by molar-refractivity contribution is -0.118. The molecule has 3 heteroatoms. The first kappa shape index (κ1) is 10.6. The van der Waals surface area contributed by atoms with Gasteiger partial charge in [0.1, 0.15) is 5.75 Å². The van der Waals surface area contributed by atoms with E-state index in [4.69, 9.17) is 11.6 Å². The smallest absolute Gasteiger partial charge is 0.159 e. The summed E-state index contributed by atoms with van der Waals surface area (Å²) in [6.45, 7) is 0. The van der Waals surface area contributed by atoms with Crippen molar-refractivity contribution in [2.45, 2.75) is 25.7 Å². The minimum atomic E-state index is 0.145. The van der Waals surface area contributed by atoms with Gasteiger partial charge in [-0.2, -0.15) is 0 Å². The highest BCUT2D eigenvalue weighted by Crippen LogP contribution is 2.60. The molecule has 4 rings (SSSR count). The number of ketones is 1. The molecule has 0 unspecified atom stereocenters. The predicted molar refractivity (Wildman–Crippen MR) is 69.6 cm³/mol. The topological polar surface area (TPSA) is 37.3 Å². The van der Waals surface area contributed by atoms with Crippen molar-refractivity contribution in [2.75, 3.05) is 0 Å². The van der Waals surface area contributed by atoms with Gasteiger partial charge in [0.25, 0.3) is 0 Å². The summed E-state index contributed by atoms with van der Waals surface area (Å²) in [7, 11) is 0. The van der Waals surface area contributed by atoms with Crippen molar-refractivity contribution in [3.05, 3.63) is 34.4 Å². The van der Waals surface area contributed by atoms with Crippen molar-refractivity contribution in [2.24, 2.45) is 11.3 Å². The zero-order valence-corrected chi connectivity index (χ0v) is 10.6. The second-order valence-electron chi connectivity index (χ2n) is 5.82. The minimum absolute atomic E-state index is 0.145. The normalized spacial score (nSPS) is 32.2. The summed E-state index contributed by atoms with van der Waals surface area (Å²) in [5.41, 5.74) is 3.53. The maximum atomic E-state index is 12.0. The lowest BCUT2D eigenvalue weighted by Crippen LogP contribution is -2.23. The Morgan fingerprint density at radius 2 is 2.22 bits per heavy atom. The summed E-state index contributed by atoms with van der Waals surface area (Å²) in [6, 6.07) is 3.59. The van der Waals surface area contributed by atoms with Crippen LogP contribution >= 0.6 is 11.6 Å². The van der Waals surface area contributed by atoms with Crippen molar-refractivity contribution in [3.63, 3.8) is 0 Å². The number of phenolic OH excluding ortho intramolecular Hbond substituents is 1. The van der Waals surface area contributed by atoms with Gasteiger partial charge in [0, 0.05) is 11.3 Å². The summed E-state index contributed by atoms with van der Waals surface area (Å²) in [4.78, 5) is 12.0. The second-order valence-corrected chi connectivity index (χ2v) is 6.23. The molecule has 0 radical (unpaired) electrons. The zero-order chi connectivity index (χ0) is 12.5. The SMILES string of the molecule is O=C1C=C2c3cc(Cl)c(O)cc3C[C@@]23CC[C@@H]1C3. The molecule has 1 aromatic rings. The standard InChI is InChI=1S/C15H13ClO2/c16-12-4-10-9(3-14(12)18)7-15-2-1-8(6-15)13(17)5-11(10)15/h3-5,8,18H,1-2,6-7H2/t8-,15+/m1/s1. The van der Waals surface area contributed by atoms with Crippen molar-refractivity contribution in [1.82, 2.24) is 0 Å². The fourth-order valence-electron chi connectivity index (χ4n) is 4.01. The van der Waals surface area contributed by atoms with Crippen LogP contribution in [0.1, 0.15) is 30.4 Å². The van der Waals surface area contributed by atoms with E-state index in [0.717, 1.165) is 42.4 Å². The van der Waals surface area contributed by atoms with Crippen LogP contribution in [0.3, 0.4) is 0 Å². The molecule has 0 amide bonds. The Bertz CT molecular complexity index is 617. The van der Waals surface area contributed by atoms with Gasteiger partial charge in [-0.1, -0.05) is 11.6 Å². The molecule has 1 fully saturated rings. The largest absolute Gasteiger partial charge is 0.506 e. The maximum Gasteiger partial charge on any atom is 0.159 e. The number of allylic oxidation sites excluding steroid dienone is 2. The molecule has 1 aromatic carbocycles. The maximum absolute atomic E-state index is 12.0. The van der Waals surface area contributed by atoms with Gasteiger partial charge in [0.05, 0.1) is 5.02 Å². The highest BCUT2D eigenvalue weighted by atomic mass is 35.5. The molecule has 3 aliphatic rings. The van der Waals surface area contributed by atoms with Crippen LogP contribution in [-0.2, 0) is 11.2 Å². The van der Waals surface area contributed by atoms with Crippen LogP contribution in [0.15, 0.2) is 18.2 Å².